The van der Waals surface area contributed by atoms with E-state index in [1.54, 1.807) is 48.5 Å². The average molecular weight is 429 g/mol. The monoisotopic (exact) mass is 429 g/mol. The van der Waals surface area contributed by atoms with Gasteiger partial charge in [-0.3, -0.25) is 9.97 Å². The maximum Gasteiger partial charge on any atom is 0.250 e. The highest BCUT2D eigenvalue weighted by molar-refractivity contribution is 7.80. The van der Waals surface area contributed by atoms with Crippen LogP contribution in [0.1, 0.15) is 16.8 Å². The van der Waals surface area contributed by atoms with Crippen LogP contribution in [0.2, 0.25) is 0 Å². The van der Waals surface area contributed by atoms with E-state index in [0.717, 1.165) is 22.3 Å². The van der Waals surface area contributed by atoms with Gasteiger partial charge in [0.15, 0.2) is 0 Å². The first-order valence-electron chi connectivity index (χ1n) is 9.54. The fraction of sp³-hybridized carbons (Fsp3) is 0.0909. The maximum absolute atomic E-state index is 14.5. The zero-order valence-corrected chi connectivity index (χ0v) is 17.3. The van der Waals surface area contributed by atoms with Crippen molar-refractivity contribution in [2.24, 2.45) is 0 Å². The van der Waals surface area contributed by atoms with E-state index in [-0.39, 0.29) is 0 Å². The van der Waals surface area contributed by atoms with Crippen molar-refractivity contribution in [3.63, 3.8) is 0 Å². The van der Waals surface area contributed by atoms with Gasteiger partial charge in [0.05, 0.1) is 29.1 Å². The molecule has 9 heteroatoms. The van der Waals surface area contributed by atoms with E-state index in [1.807, 2.05) is 18.2 Å². The van der Waals surface area contributed by atoms with Crippen LogP contribution in [0.15, 0.2) is 61.2 Å². The Morgan fingerprint density at radius 3 is 2.61 bits per heavy atom. The molecule has 0 fully saturated rings. The zero-order valence-electron chi connectivity index (χ0n) is 16.5. The third-order valence-corrected chi connectivity index (χ3v) is 5.38. The molecule has 7 nitrogen and oxygen atoms in total. The molecule has 0 bridgehead atoms. The lowest BCUT2D eigenvalue weighted by Gasteiger charge is -2.08. The summed E-state index contributed by atoms with van der Waals surface area (Å²) in [5, 5.41) is 7.43. The lowest BCUT2D eigenvalue weighted by Crippen LogP contribution is -2.17. The summed E-state index contributed by atoms with van der Waals surface area (Å²) in [7, 11) is 1.66. The Morgan fingerprint density at radius 2 is 1.81 bits per heavy atom. The fourth-order valence-corrected chi connectivity index (χ4v) is 3.56. The van der Waals surface area contributed by atoms with E-state index in [2.05, 4.69) is 30.4 Å². The van der Waals surface area contributed by atoms with E-state index >= 15 is 0 Å². The Labute approximate surface area is 182 Å². The van der Waals surface area contributed by atoms with Gasteiger partial charge >= 0.3 is 0 Å². The normalized spacial score (nSPS) is 11.2. The molecule has 0 radical (unpaired) electrons. The SMILES string of the molecule is CNC(=S)c1ccc(-c2cnc3ncc(Cc4ccc5nccnc5c4)n3n2)cc1F. The van der Waals surface area contributed by atoms with Crippen LogP contribution >= 0.6 is 12.2 Å². The second-order valence-electron chi connectivity index (χ2n) is 6.93. The molecule has 0 aliphatic rings. The molecule has 5 rings (SSSR count). The Hall–Kier alpha value is -3.85. The molecular formula is C22H16FN7S. The zero-order chi connectivity index (χ0) is 21.4. The molecule has 1 N–H and O–H groups in total. The minimum Gasteiger partial charge on any atom is -0.379 e. The summed E-state index contributed by atoms with van der Waals surface area (Å²) < 4.78 is 16.2. The standard InChI is InChI=1S/C22H16FN7S/c1-24-21(31)16-4-3-14(10-17(16)23)20-12-28-22-27-11-15(30(22)29-20)8-13-2-5-18-19(9-13)26-7-6-25-18/h2-7,9-12H,8H2,1H3,(H,24,31). The van der Waals surface area contributed by atoms with Crippen LogP contribution in [0.25, 0.3) is 28.1 Å². The molecule has 0 unspecified atom stereocenters. The van der Waals surface area contributed by atoms with Gasteiger partial charge in [0.2, 0.25) is 0 Å². The van der Waals surface area contributed by atoms with Crippen molar-refractivity contribution >= 4 is 34.0 Å². The third-order valence-electron chi connectivity index (χ3n) is 4.96. The Bertz CT molecular complexity index is 1450. The lowest BCUT2D eigenvalue weighted by molar-refractivity contribution is 0.625. The van der Waals surface area contributed by atoms with Crippen LogP contribution < -0.4 is 5.32 Å². The first-order chi connectivity index (χ1) is 15.1. The predicted octanol–water partition coefficient (Wildman–Crippen LogP) is 3.36. The largest absolute Gasteiger partial charge is 0.379 e. The first kappa shape index (κ1) is 19.1. The Kier molecular flexibility index (Phi) is 4.79. The summed E-state index contributed by atoms with van der Waals surface area (Å²) >= 11 is 5.13. The van der Waals surface area contributed by atoms with Crippen LogP contribution in [0, 0.1) is 5.82 Å². The second kappa shape index (κ2) is 7.77. The molecule has 0 aliphatic heterocycles. The molecule has 152 valence electrons. The van der Waals surface area contributed by atoms with Gasteiger partial charge in [-0.15, -0.1) is 0 Å². The highest BCUT2D eigenvalue weighted by Gasteiger charge is 2.13. The number of nitrogens with one attached hydrogen (secondary N) is 1. The van der Waals surface area contributed by atoms with Gasteiger partial charge in [-0.1, -0.05) is 24.4 Å². The van der Waals surface area contributed by atoms with Crippen molar-refractivity contribution in [2.75, 3.05) is 7.05 Å². The number of halogens is 1. The van der Waals surface area contributed by atoms with E-state index in [0.29, 0.717) is 34.0 Å². The number of nitrogens with zero attached hydrogens (tertiary/aromatic N) is 6. The van der Waals surface area contributed by atoms with E-state index < -0.39 is 5.82 Å². The van der Waals surface area contributed by atoms with Crippen molar-refractivity contribution in [3.05, 3.63) is 83.8 Å². The number of rotatable bonds is 4. The minimum absolute atomic E-state index is 0.345. The average Bonchev–Trinajstić information content (AvgIpc) is 3.20. The van der Waals surface area contributed by atoms with Crippen molar-refractivity contribution in [1.82, 2.24) is 34.9 Å². The maximum atomic E-state index is 14.5. The number of fused-ring (bicyclic) bond motifs is 2. The smallest absolute Gasteiger partial charge is 0.250 e. The lowest BCUT2D eigenvalue weighted by atomic mass is 10.1. The highest BCUT2D eigenvalue weighted by atomic mass is 32.1. The molecule has 31 heavy (non-hydrogen) atoms. The molecule has 0 aliphatic carbocycles. The van der Waals surface area contributed by atoms with Crippen molar-refractivity contribution in [2.45, 2.75) is 6.42 Å². The minimum atomic E-state index is -0.415. The predicted molar refractivity (Wildman–Crippen MR) is 119 cm³/mol. The molecular weight excluding hydrogens is 413 g/mol. The van der Waals surface area contributed by atoms with Crippen LogP contribution in [-0.4, -0.2) is 41.6 Å². The van der Waals surface area contributed by atoms with Crippen molar-refractivity contribution < 1.29 is 4.39 Å². The van der Waals surface area contributed by atoms with Gasteiger partial charge in [0, 0.05) is 37.0 Å². The molecule has 0 amide bonds. The summed E-state index contributed by atoms with van der Waals surface area (Å²) in [5.74, 6) is 0.0645. The summed E-state index contributed by atoms with van der Waals surface area (Å²) in [6.45, 7) is 0. The van der Waals surface area contributed by atoms with Crippen LogP contribution in [0.4, 0.5) is 4.39 Å². The number of thiocarbonyl (C=S) groups is 1. The van der Waals surface area contributed by atoms with Gasteiger partial charge in [-0.05, 0) is 29.8 Å². The quantitative estimate of drug-likeness (QED) is 0.439. The van der Waals surface area contributed by atoms with Crippen LogP contribution in [-0.2, 0) is 6.42 Å². The van der Waals surface area contributed by atoms with E-state index in [4.69, 9.17) is 12.2 Å². The highest BCUT2D eigenvalue weighted by Crippen LogP contribution is 2.21. The third kappa shape index (κ3) is 3.59. The summed E-state index contributed by atoms with van der Waals surface area (Å²) in [4.78, 5) is 17.7. The first-order valence-corrected chi connectivity index (χ1v) is 9.94. The van der Waals surface area contributed by atoms with Gasteiger partial charge in [0.1, 0.15) is 16.5 Å². The molecule has 0 spiro atoms. The number of hydrogen-bond donors (Lipinski definition) is 1. The van der Waals surface area contributed by atoms with Crippen LogP contribution in [0.5, 0.6) is 0 Å². The van der Waals surface area contributed by atoms with Gasteiger partial charge in [0.25, 0.3) is 5.78 Å². The van der Waals surface area contributed by atoms with Gasteiger partial charge in [-0.25, -0.2) is 18.9 Å². The molecule has 0 atom stereocenters. The molecule has 5 aromatic rings. The van der Waals surface area contributed by atoms with Gasteiger partial charge in [-0.2, -0.15) is 5.10 Å². The van der Waals surface area contributed by atoms with Crippen molar-refractivity contribution in [1.29, 1.82) is 0 Å². The molecule has 0 saturated carbocycles. The summed E-state index contributed by atoms with van der Waals surface area (Å²) in [6.07, 6.45) is 7.27. The fourth-order valence-electron chi connectivity index (χ4n) is 3.39. The van der Waals surface area contributed by atoms with Crippen molar-refractivity contribution in [3.8, 4) is 11.3 Å². The number of benzene rings is 2. The molecule has 0 saturated heterocycles. The van der Waals surface area contributed by atoms with E-state index in [1.165, 1.54) is 6.07 Å². The Balaban J connectivity index is 1.51. The number of imidazole rings is 1. The number of aromatic nitrogens is 6. The second-order valence-corrected chi connectivity index (χ2v) is 7.34. The topological polar surface area (TPSA) is 80.9 Å². The van der Waals surface area contributed by atoms with Gasteiger partial charge < -0.3 is 5.32 Å². The van der Waals surface area contributed by atoms with E-state index in [9.17, 15) is 4.39 Å². The molecule has 3 aromatic heterocycles. The summed E-state index contributed by atoms with van der Waals surface area (Å²) in [5.41, 5.74) is 5.08. The molecule has 2 aromatic carbocycles. The molecule has 3 heterocycles. The number of hydrogen-bond acceptors (Lipinski definition) is 6. The van der Waals surface area contributed by atoms with Crippen LogP contribution in [0.3, 0.4) is 0 Å². The Morgan fingerprint density at radius 1 is 1.00 bits per heavy atom. The summed E-state index contributed by atoms with van der Waals surface area (Å²) in [6, 6.07) is 10.8.